The molecule has 1 aromatic carbocycles. The summed E-state index contributed by atoms with van der Waals surface area (Å²) in [6.45, 7) is 5.53. The van der Waals surface area contributed by atoms with Gasteiger partial charge in [0.25, 0.3) is 5.69 Å². The van der Waals surface area contributed by atoms with Crippen LogP contribution in [0.25, 0.3) is 0 Å². The number of rotatable bonds is 12. The Morgan fingerprint density at radius 2 is 1.76 bits per heavy atom. The number of benzene rings is 1. The van der Waals surface area contributed by atoms with Crippen LogP contribution in [-0.2, 0) is 6.18 Å². The lowest BCUT2D eigenvalue weighted by atomic mass is 10.1. The first-order chi connectivity index (χ1) is 13.5. The summed E-state index contributed by atoms with van der Waals surface area (Å²) in [5, 5.41) is 25.9. The maximum absolute atomic E-state index is 13.6. The number of nitrogens with zero attached hydrogens (tertiary/aromatic N) is 2. The second-order valence-corrected chi connectivity index (χ2v) is 7.86. The van der Waals surface area contributed by atoms with Crippen molar-refractivity contribution in [3.63, 3.8) is 0 Å². The molecule has 11 heteroatoms. The van der Waals surface area contributed by atoms with Crippen molar-refractivity contribution < 1.29 is 23.0 Å². The third kappa shape index (κ3) is 7.06. The number of hydrogen-bond acceptors (Lipinski definition) is 6. The van der Waals surface area contributed by atoms with E-state index in [1.807, 2.05) is 13.8 Å². The molecule has 1 N–H and O–H groups in total. The van der Waals surface area contributed by atoms with E-state index >= 15 is 0 Å². The van der Waals surface area contributed by atoms with Gasteiger partial charge in [-0.1, -0.05) is 39.5 Å². The van der Waals surface area contributed by atoms with E-state index < -0.39 is 43.5 Å². The molecule has 0 aliphatic rings. The third-order valence-corrected chi connectivity index (χ3v) is 5.47. The van der Waals surface area contributed by atoms with E-state index in [9.17, 15) is 33.4 Å². The lowest BCUT2D eigenvalue weighted by Gasteiger charge is -2.19. The minimum atomic E-state index is -4.95. The van der Waals surface area contributed by atoms with Crippen LogP contribution in [0.4, 0.5) is 30.2 Å². The summed E-state index contributed by atoms with van der Waals surface area (Å²) in [7, 11) is 0. The van der Waals surface area contributed by atoms with Gasteiger partial charge in [-0.3, -0.25) is 20.2 Å². The number of nitrogens with one attached hydrogen (secondary N) is 1. The number of halogens is 3. The third-order valence-electron chi connectivity index (χ3n) is 4.28. The number of hydrogen-bond donors (Lipinski definition) is 1. The Balaban J connectivity index is 3.58. The molecule has 0 fully saturated rings. The number of anilines is 1. The largest absolute Gasteiger partial charge is 0.417 e. The van der Waals surface area contributed by atoms with Crippen molar-refractivity contribution in [3.8, 4) is 0 Å². The minimum Gasteiger partial charge on any atom is -0.371 e. The number of nitro benzene ring substituents is 2. The number of thioether (sulfide) groups is 1. The van der Waals surface area contributed by atoms with Crippen LogP contribution in [0.15, 0.2) is 11.0 Å². The van der Waals surface area contributed by atoms with Gasteiger partial charge in [-0.25, -0.2) is 0 Å². The summed E-state index contributed by atoms with van der Waals surface area (Å²) < 4.78 is 40.8. The van der Waals surface area contributed by atoms with Crippen LogP contribution in [0, 0.1) is 20.2 Å². The molecule has 0 heterocycles. The Kier molecular flexibility index (Phi) is 9.67. The molecule has 0 amide bonds. The van der Waals surface area contributed by atoms with Crippen molar-refractivity contribution in [1.82, 2.24) is 0 Å². The van der Waals surface area contributed by atoms with Crippen LogP contribution in [0.3, 0.4) is 0 Å². The molecule has 0 spiro atoms. The lowest BCUT2D eigenvalue weighted by molar-refractivity contribution is -0.394. The smallest absolute Gasteiger partial charge is 0.371 e. The fraction of sp³-hybridized carbons (Fsp3) is 0.667. The fourth-order valence-electron chi connectivity index (χ4n) is 2.91. The average Bonchev–Trinajstić information content (AvgIpc) is 2.60. The van der Waals surface area contributed by atoms with Crippen LogP contribution < -0.4 is 5.32 Å². The maximum Gasteiger partial charge on any atom is 0.417 e. The van der Waals surface area contributed by atoms with Crippen molar-refractivity contribution in [2.75, 3.05) is 11.1 Å². The second-order valence-electron chi connectivity index (χ2n) is 6.75. The Morgan fingerprint density at radius 1 is 1.10 bits per heavy atom. The minimum absolute atomic E-state index is 0.256. The highest BCUT2D eigenvalue weighted by Crippen LogP contribution is 2.49. The Labute approximate surface area is 171 Å². The molecule has 29 heavy (non-hydrogen) atoms. The van der Waals surface area contributed by atoms with Crippen molar-refractivity contribution in [1.29, 1.82) is 0 Å². The standard InChI is InChI=1S/C18H26F3N3O4S/c1-4-6-7-8-10-29-17-13(18(19,20)21)11-14(23(25)26)15(16(17)24(27)28)22-12(3)9-5-2/h11-12,22H,4-10H2,1-3H3. The molecule has 0 radical (unpaired) electrons. The summed E-state index contributed by atoms with van der Waals surface area (Å²) in [4.78, 5) is 20.6. The maximum atomic E-state index is 13.6. The lowest BCUT2D eigenvalue weighted by Crippen LogP contribution is -2.19. The van der Waals surface area contributed by atoms with E-state index in [4.69, 9.17) is 0 Å². The Bertz CT molecular complexity index is 729. The van der Waals surface area contributed by atoms with Gasteiger partial charge in [0.1, 0.15) is 4.90 Å². The van der Waals surface area contributed by atoms with E-state index in [0.717, 1.165) is 31.0 Å². The summed E-state index contributed by atoms with van der Waals surface area (Å²) in [5.74, 6) is 0.256. The van der Waals surface area contributed by atoms with Gasteiger partial charge < -0.3 is 5.32 Å². The van der Waals surface area contributed by atoms with Gasteiger partial charge in [-0.05, 0) is 25.5 Å². The predicted octanol–water partition coefficient (Wildman–Crippen LogP) is 6.79. The van der Waals surface area contributed by atoms with Gasteiger partial charge in [0, 0.05) is 12.1 Å². The fourth-order valence-corrected chi connectivity index (χ4v) is 4.10. The van der Waals surface area contributed by atoms with Crippen LogP contribution in [0.2, 0.25) is 0 Å². The quantitative estimate of drug-likeness (QED) is 0.167. The topological polar surface area (TPSA) is 98.3 Å². The summed E-state index contributed by atoms with van der Waals surface area (Å²) in [6, 6.07) is 0.0269. The Morgan fingerprint density at radius 3 is 2.24 bits per heavy atom. The van der Waals surface area contributed by atoms with Gasteiger partial charge >= 0.3 is 11.9 Å². The monoisotopic (exact) mass is 437 g/mol. The van der Waals surface area contributed by atoms with Gasteiger partial charge in [-0.2, -0.15) is 13.2 Å². The molecule has 0 saturated carbocycles. The average molecular weight is 437 g/mol. The zero-order chi connectivity index (χ0) is 22.2. The number of alkyl halides is 3. The van der Waals surface area contributed by atoms with Crippen molar-refractivity contribution >= 4 is 28.8 Å². The van der Waals surface area contributed by atoms with Crippen molar-refractivity contribution in [3.05, 3.63) is 31.9 Å². The zero-order valence-electron chi connectivity index (χ0n) is 16.7. The molecular weight excluding hydrogens is 411 g/mol. The molecule has 1 aromatic rings. The van der Waals surface area contributed by atoms with E-state index in [1.165, 1.54) is 0 Å². The molecule has 164 valence electrons. The van der Waals surface area contributed by atoms with Crippen LogP contribution in [0.5, 0.6) is 0 Å². The van der Waals surface area contributed by atoms with Crippen molar-refractivity contribution in [2.45, 2.75) is 76.4 Å². The van der Waals surface area contributed by atoms with Gasteiger partial charge in [-0.15, -0.1) is 11.8 Å². The Hall–Kier alpha value is -2.04. The predicted molar refractivity (Wildman–Crippen MR) is 108 cm³/mol. The van der Waals surface area contributed by atoms with E-state index in [-0.39, 0.29) is 11.8 Å². The van der Waals surface area contributed by atoms with Crippen LogP contribution >= 0.6 is 11.8 Å². The molecule has 0 bridgehead atoms. The first-order valence-electron chi connectivity index (χ1n) is 9.50. The zero-order valence-corrected chi connectivity index (χ0v) is 17.5. The molecule has 7 nitrogen and oxygen atoms in total. The van der Waals surface area contributed by atoms with Gasteiger partial charge in [0.2, 0.25) is 0 Å². The normalized spacial score (nSPS) is 12.6. The van der Waals surface area contributed by atoms with E-state index in [0.29, 0.717) is 25.3 Å². The first-order valence-corrected chi connectivity index (χ1v) is 10.5. The molecule has 0 aliphatic carbocycles. The second kappa shape index (κ2) is 11.2. The van der Waals surface area contributed by atoms with E-state index in [2.05, 4.69) is 5.32 Å². The van der Waals surface area contributed by atoms with E-state index in [1.54, 1.807) is 6.92 Å². The SMILES string of the molecule is CCCCCCSc1c(C(F)(F)F)cc([N+](=O)[O-])c(NC(C)CCC)c1[N+](=O)[O-]. The number of nitro groups is 2. The molecular formula is C18H26F3N3O4S. The molecule has 0 aromatic heterocycles. The summed E-state index contributed by atoms with van der Waals surface area (Å²) in [5.41, 5.74) is -3.63. The molecule has 1 atom stereocenters. The summed E-state index contributed by atoms with van der Waals surface area (Å²) in [6.07, 6.45) is -0.446. The van der Waals surface area contributed by atoms with Crippen LogP contribution in [0.1, 0.15) is 64.9 Å². The molecule has 0 aliphatic heterocycles. The van der Waals surface area contributed by atoms with Crippen LogP contribution in [-0.4, -0.2) is 21.6 Å². The van der Waals surface area contributed by atoms with Crippen molar-refractivity contribution in [2.24, 2.45) is 0 Å². The number of unbranched alkanes of at least 4 members (excludes halogenated alkanes) is 3. The highest BCUT2D eigenvalue weighted by atomic mass is 32.2. The molecule has 1 unspecified atom stereocenters. The van der Waals surface area contributed by atoms with Gasteiger partial charge in [0.05, 0.1) is 15.4 Å². The van der Waals surface area contributed by atoms with Gasteiger partial charge in [0.15, 0.2) is 5.69 Å². The highest BCUT2D eigenvalue weighted by Gasteiger charge is 2.42. The highest BCUT2D eigenvalue weighted by molar-refractivity contribution is 7.99. The first kappa shape index (κ1) is 25.0. The molecule has 0 saturated heterocycles. The molecule has 1 rings (SSSR count). The summed E-state index contributed by atoms with van der Waals surface area (Å²) >= 11 is 0.730.